The number of pyridine rings is 3. The third kappa shape index (κ3) is 7.20. The van der Waals surface area contributed by atoms with Crippen LogP contribution < -0.4 is 4.74 Å². The van der Waals surface area contributed by atoms with E-state index in [2.05, 4.69) is 15.0 Å². The summed E-state index contributed by atoms with van der Waals surface area (Å²) in [6, 6.07) is 14.3. The molecular formula is C29H35N3O12. The number of ether oxygens (including phenoxy) is 5. The quantitative estimate of drug-likeness (QED) is 0.118. The van der Waals surface area contributed by atoms with Crippen LogP contribution in [0.5, 0.6) is 5.75 Å². The second-order valence-corrected chi connectivity index (χ2v) is 10.2. The van der Waals surface area contributed by atoms with Gasteiger partial charge in [-0.1, -0.05) is 12.1 Å². The lowest BCUT2D eigenvalue weighted by atomic mass is 9.97. The van der Waals surface area contributed by atoms with Crippen molar-refractivity contribution in [3.05, 3.63) is 60.9 Å². The number of nitrogens with zero attached hydrogens (tertiary/aromatic N) is 3. The SMILES string of the molecule is OC[C@H]1O[C@@H](O[C@H]2[C@H](O)[C@@H](O)[C@H](OCCOc3cc(-c4ccccn4)nc(-c4ccccn4)c3)O[C@@H]2CO)[C@H](O)[C@@H](O)[C@@H]1O. The summed E-state index contributed by atoms with van der Waals surface area (Å²) in [5.41, 5.74) is 2.40. The zero-order valence-electron chi connectivity index (χ0n) is 23.4. The summed E-state index contributed by atoms with van der Waals surface area (Å²) in [5, 5.41) is 71.1. The number of aliphatic hydroxyl groups is 7. The van der Waals surface area contributed by atoms with Crippen molar-refractivity contribution in [1.29, 1.82) is 0 Å². The van der Waals surface area contributed by atoms with Gasteiger partial charge >= 0.3 is 0 Å². The second kappa shape index (κ2) is 14.7. The van der Waals surface area contributed by atoms with Gasteiger partial charge in [0.05, 0.1) is 42.6 Å². The molecule has 2 aliphatic rings. The molecule has 2 saturated heterocycles. The Bertz CT molecular complexity index is 1260. The molecule has 2 aliphatic heterocycles. The zero-order chi connectivity index (χ0) is 31.2. The van der Waals surface area contributed by atoms with Gasteiger partial charge in [-0.15, -0.1) is 0 Å². The van der Waals surface area contributed by atoms with Crippen LogP contribution in [-0.2, 0) is 18.9 Å². The van der Waals surface area contributed by atoms with Crippen molar-refractivity contribution in [3.8, 4) is 28.5 Å². The van der Waals surface area contributed by atoms with Gasteiger partial charge in [0.1, 0.15) is 61.2 Å². The highest BCUT2D eigenvalue weighted by molar-refractivity contribution is 5.64. The Balaban J connectivity index is 1.20. The monoisotopic (exact) mass is 617 g/mol. The van der Waals surface area contributed by atoms with Crippen LogP contribution in [0.3, 0.4) is 0 Å². The molecule has 15 nitrogen and oxygen atoms in total. The minimum atomic E-state index is -1.76. The molecule has 3 aromatic rings. The molecule has 2 fully saturated rings. The maximum Gasteiger partial charge on any atom is 0.187 e. The number of hydrogen-bond acceptors (Lipinski definition) is 15. The Kier molecular flexibility index (Phi) is 10.8. The van der Waals surface area contributed by atoms with Gasteiger partial charge in [0, 0.05) is 24.5 Å². The molecule has 0 saturated carbocycles. The van der Waals surface area contributed by atoms with E-state index < -0.39 is 74.6 Å². The molecule has 7 N–H and O–H groups in total. The van der Waals surface area contributed by atoms with Gasteiger partial charge < -0.3 is 59.4 Å². The summed E-state index contributed by atoms with van der Waals surface area (Å²) in [7, 11) is 0. The molecule has 0 radical (unpaired) electrons. The van der Waals surface area contributed by atoms with Crippen LogP contribution in [0.15, 0.2) is 60.9 Å². The molecule has 5 heterocycles. The van der Waals surface area contributed by atoms with Gasteiger partial charge in [-0.25, -0.2) is 4.98 Å². The van der Waals surface area contributed by atoms with Crippen LogP contribution in [0.2, 0.25) is 0 Å². The van der Waals surface area contributed by atoms with Gasteiger partial charge in [0.25, 0.3) is 0 Å². The van der Waals surface area contributed by atoms with Crippen LogP contribution in [0.4, 0.5) is 0 Å². The van der Waals surface area contributed by atoms with E-state index in [1.54, 1.807) is 36.7 Å². The van der Waals surface area contributed by atoms with Crippen LogP contribution in [-0.4, -0.2) is 139 Å². The molecule has 0 amide bonds. The molecule has 0 unspecified atom stereocenters. The van der Waals surface area contributed by atoms with Crippen molar-refractivity contribution in [3.63, 3.8) is 0 Å². The number of hydrogen-bond donors (Lipinski definition) is 7. The zero-order valence-corrected chi connectivity index (χ0v) is 23.4. The Labute approximate surface area is 251 Å². The van der Waals surface area contributed by atoms with Gasteiger partial charge in [0.15, 0.2) is 12.6 Å². The summed E-state index contributed by atoms with van der Waals surface area (Å²) in [4.78, 5) is 13.4. The van der Waals surface area contributed by atoms with E-state index in [-0.39, 0.29) is 13.2 Å². The lowest BCUT2D eigenvalue weighted by molar-refractivity contribution is -0.359. The molecule has 238 valence electrons. The molecule has 3 aromatic heterocycles. The molecule has 5 rings (SSSR count). The summed E-state index contributed by atoms with van der Waals surface area (Å²) in [6.45, 7) is -1.45. The van der Waals surface area contributed by atoms with E-state index in [1.807, 2.05) is 24.3 Å². The van der Waals surface area contributed by atoms with Crippen molar-refractivity contribution >= 4 is 0 Å². The fourth-order valence-corrected chi connectivity index (χ4v) is 4.90. The molecule has 0 aliphatic carbocycles. The second-order valence-electron chi connectivity index (χ2n) is 10.2. The molecular weight excluding hydrogens is 582 g/mol. The van der Waals surface area contributed by atoms with Crippen molar-refractivity contribution < 1.29 is 59.4 Å². The Hall–Kier alpha value is -3.19. The van der Waals surface area contributed by atoms with Gasteiger partial charge in [-0.3, -0.25) is 9.97 Å². The van der Waals surface area contributed by atoms with Gasteiger partial charge in [0.2, 0.25) is 0 Å². The molecule has 44 heavy (non-hydrogen) atoms. The minimum absolute atomic E-state index is 0.00456. The lowest BCUT2D eigenvalue weighted by Gasteiger charge is -2.45. The minimum Gasteiger partial charge on any atom is -0.491 e. The lowest BCUT2D eigenvalue weighted by Crippen LogP contribution is -2.64. The van der Waals surface area contributed by atoms with Crippen molar-refractivity contribution in [2.75, 3.05) is 26.4 Å². The molecule has 15 heteroatoms. The standard InChI is InChI=1S/C29H35N3O12/c33-13-20-22(35)23(36)25(38)29(42-20)44-27-21(14-34)43-28(26(39)24(27)37)41-10-9-40-15-11-18(16-5-1-3-7-30-16)32-19(12-15)17-6-2-4-8-31-17/h1-8,11-12,20-29,33-39H,9-10,13-14H2/t20-,21-,22-,23+,24-,25-,26-,27-,28-,29+/m1/s1. The van der Waals surface area contributed by atoms with Crippen molar-refractivity contribution in [2.24, 2.45) is 0 Å². The highest BCUT2D eigenvalue weighted by Gasteiger charge is 2.50. The maximum absolute atomic E-state index is 10.8. The van der Waals surface area contributed by atoms with Gasteiger partial charge in [-0.2, -0.15) is 0 Å². The first-order valence-electron chi connectivity index (χ1n) is 14.0. The predicted octanol–water partition coefficient (Wildman–Crippen LogP) is -1.77. The average molecular weight is 618 g/mol. The van der Waals surface area contributed by atoms with Crippen LogP contribution >= 0.6 is 0 Å². The van der Waals surface area contributed by atoms with Crippen molar-refractivity contribution in [2.45, 2.75) is 61.4 Å². The van der Waals surface area contributed by atoms with Gasteiger partial charge in [-0.05, 0) is 24.3 Å². The van der Waals surface area contributed by atoms with E-state index in [9.17, 15) is 35.7 Å². The first-order chi connectivity index (χ1) is 21.3. The number of aliphatic hydroxyl groups excluding tert-OH is 7. The fourth-order valence-electron chi connectivity index (χ4n) is 4.90. The Morgan fingerprint density at radius 1 is 0.636 bits per heavy atom. The smallest absolute Gasteiger partial charge is 0.187 e. The molecule has 0 aromatic carbocycles. The first kappa shape index (κ1) is 32.2. The van der Waals surface area contributed by atoms with E-state index in [0.717, 1.165) is 0 Å². The number of rotatable bonds is 11. The first-order valence-corrected chi connectivity index (χ1v) is 14.0. The van der Waals surface area contributed by atoms with Crippen LogP contribution in [0.25, 0.3) is 22.8 Å². The highest BCUT2D eigenvalue weighted by atomic mass is 16.7. The Morgan fingerprint density at radius 3 is 1.80 bits per heavy atom. The molecule has 10 atom stereocenters. The third-order valence-corrected chi connectivity index (χ3v) is 7.25. The normalized spacial score (nSPS) is 32.3. The van der Waals surface area contributed by atoms with E-state index in [0.29, 0.717) is 28.5 Å². The summed E-state index contributed by atoms with van der Waals surface area (Å²) >= 11 is 0. The predicted molar refractivity (Wildman–Crippen MR) is 149 cm³/mol. The summed E-state index contributed by atoms with van der Waals surface area (Å²) < 4.78 is 28.0. The number of aromatic nitrogens is 3. The molecule has 0 spiro atoms. The summed E-state index contributed by atoms with van der Waals surface area (Å²) in [6.07, 6.45) is -12.0. The van der Waals surface area contributed by atoms with Crippen molar-refractivity contribution in [1.82, 2.24) is 15.0 Å². The largest absolute Gasteiger partial charge is 0.491 e. The van der Waals surface area contributed by atoms with E-state index in [1.165, 1.54) is 0 Å². The topological polar surface area (TPSA) is 226 Å². The maximum atomic E-state index is 10.8. The highest BCUT2D eigenvalue weighted by Crippen LogP contribution is 2.30. The van der Waals surface area contributed by atoms with Crippen LogP contribution in [0, 0.1) is 0 Å². The average Bonchev–Trinajstić information content (AvgIpc) is 3.06. The Morgan fingerprint density at radius 2 is 1.23 bits per heavy atom. The fraction of sp³-hybridized carbons (Fsp3) is 0.483. The third-order valence-electron chi connectivity index (χ3n) is 7.25. The molecule has 0 bridgehead atoms. The summed E-state index contributed by atoms with van der Waals surface area (Å²) in [5.74, 6) is 0.455. The van der Waals surface area contributed by atoms with E-state index >= 15 is 0 Å². The van der Waals surface area contributed by atoms with E-state index in [4.69, 9.17) is 23.7 Å². The van der Waals surface area contributed by atoms with Crippen LogP contribution in [0.1, 0.15) is 0 Å².